The first-order chi connectivity index (χ1) is 8.63. The van der Waals surface area contributed by atoms with Crippen molar-refractivity contribution in [2.75, 3.05) is 24.5 Å². The van der Waals surface area contributed by atoms with E-state index in [0.29, 0.717) is 12.5 Å². The first kappa shape index (κ1) is 12.8. The highest BCUT2D eigenvalue weighted by molar-refractivity contribution is 5.63. The van der Waals surface area contributed by atoms with Crippen molar-refractivity contribution in [3.63, 3.8) is 0 Å². The quantitative estimate of drug-likeness (QED) is 0.849. The third-order valence-corrected chi connectivity index (χ3v) is 2.76. The molecule has 98 valence electrons. The van der Waals surface area contributed by atoms with Gasteiger partial charge in [-0.15, -0.1) is 10.2 Å². The van der Waals surface area contributed by atoms with Crippen molar-refractivity contribution < 1.29 is 0 Å². The molecule has 0 spiro atoms. The van der Waals surface area contributed by atoms with Gasteiger partial charge in [0.05, 0.1) is 0 Å². The molecule has 0 saturated heterocycles. The second-order valence-electron chi connectivity index (χ2n) is 4.82. The highest BCUT2D eigenvalue weighted by atomic mass is 15.3. The summed E-state index contributed by atoms with van der Waals surface area (Å²) in [5.41, 5.74) is 6.47. The van der Waals surface area contributed by atoms with E-state index in [0.717, 1.165) is 30.4 Å². The molecule has 0 aliphatic rings. The van der Waals surface area contributed by atoms with Crippen LogP contribution in [0.25, 0.3) is 5.65 Å². The zero-order valence-electron chi connectivity index (χ0n) is 11.2. The molecule has 0 amide bonds. The normalized spacial score (nSPS) is 11.4. The summed E-state index contributed by atoms with van der Waals surface area (Å²) in [6, 6.07) is 0. The van der Waals surface area contributed by atoms with Crippen LogP contribution in [0.5, 0.6) is 0 Å². The van der Waals surface area contributed by atoms with Gasteiger partial charge in [0.2, 0.25) is 5.65 Å². The maximum absolute atomic E-state index is 5.68. The molecule has 0 bridgehead atoms. The van der Waals surface area contributed by atoms with Crippen molar-refractivity contribution in [3.05, 3.63) is 18.2 Å². The summed E-state index contributed by atoms with van der Waals surface area (Å²) in [5.74, 6) is 2.27. The Morgan fingerprint density at radius 3 is 2.83 bits per heavy atom. The number of fused-ring (bicyclic) bond motifs is 1. The van der Waals surface area contributed by atoms with Crippen molar-refractivity contribution in [2.24, 2.45) is 11.7 Å². The van der Waals surface area contributed by atoms with Crippen molar-refractivity contribution in [1.82, 2.24) is 19.6 Å². The molecule has 0 radical (unpaired) electrons. The van der Waals surface area contributed by atoms with E-state index in [4.69, 9.17) is 5.73 Å². The van der Waals surface area contributed by atoms with Gasteiger partial charge in [-0.3, -0.25) is 4.40 Å². The summed E-state index contributed by atoms with van der Waals surface area (Å²) in [4.78, 5) is 6.61. The lowest BCUT2D eigenvalue weighted by Gasteiger charge is -2.24. The Hall–Kier alpha value is -1.69. The molecule has 0 aliphatic carbocycles. The molecular formula is C12H20N6. The molecule has 2 heterocycles. The number of aryl methyl sites for hydroxylation is 1. The average Bonchev–Trinajstić information content (AvgIpc) is 2.70. The molecule has 2 rings (SSSR count). The standard InChI is InChI=1S/C12H20N6/c1-9(2)8-17(6-4-13)11-12-16-15-10(3)18(12)7-5-14-11/h5,7,9H,4,6,8,13H2,1-3H3. The van der Waals surface area contributed by atoms with Gasteiger partial charge < -0.3 is 10.6 Å². The Kier molecular flexibility index (Phi) is 3.76. The Bertz CT molecular complexity index is 518. The fourth-order valence-corrected chi connectivity index (χ4v) is 2.03. The summed E-state index contributed by atoms with van der Waals surface area (Å²) in [6.07, 6.45) is 3.66. The second kappa shape index (κ2) is 5.30. The summed E-state index contributed by atoms with van der Waals surface area (Å²) in [6.45, 7) is 8.58. The van der Waals surface area contributed by atoms with Gasteiger partial charge in [-0.1, -0.05) is 13.8 Å². The third kappa shape index (κ3) is 2.43. The van der Waals surface area contributed by atoms with Crippen LogP contribution in [-0.2, 0) is 0 Å². The van der Waals surface area contributed by atoms with Gasteiger partial charge in [-0.05, 0) is 12.8 Å². The van der Waals surface area contributed by atoms with Crippen LogP contribution in [0.1, 0.15) is 19.7 Å². The van der Waals surface area contributed by atoms with Crippen LogP contribution in [0.2, 0.25) is 0 Å². The molecule has 2 N–H and O–H groups in total. The SMILES string of the molecule is Cc1nnc2c(N(CCN)CC(C)C)nccn12. The van der Waals surface area contributed by atoms with E-state index in [-0.39, 0.29) is 0 Å². The van der Waals surface area contributed by atoms with Gasteiger partial charge in [0.1, 0.15) is 5.82 Å². The molecule has 2 aromatic heterocycles. The lowest BCUT2D eigenvalue weighted by Crippen LogP contribution is -2.33. The highest BCUT2D eigenvalue weighted by Crippen LogP contribution is 2.18. The van der Waals surface area contributed by atoms with E-state index in [9.17, 15) is 0 Å². The number of rotatable bonds is 5. The lowest BCUT2D eigenvalue weighted by atomic mass is 10.2. The first-order valence-corrected chi connectivity index (χ1v) is 6.25. The van der Waals surface area contributed by atoms with E-state index in [1.165, 1.54) is 0 Å². The number of hydrogen-bond donors (Lipinski definition) is 1. The van der Waals surface area contributed by atoms with E-state index >= 15 is 0 Å². The predicted molar refractivity (Wildman–Crippen MR) is 71.6 cm³/mol. The minimum atomic E-state index is 0.544. The Balaban J connectivity index is 2.43. The smallest absolute Gasteiger partial charge is 0.203 e. The van der Waals surface area contributed by atoms with Gasteiger partial charge >= 0.3 is 0 Å². The molecule has 0 aromatic carbocycles. The largest absolute Gasteiger partial charge is 0.352 e. The van der Waals surface area contributed by atoms with Gasteiger partial charge in [0, 0.05) is 32.0 Å². The van der Waals surface area contributed by atoms with Crippen LogP contribution in [0, 0.1) is 12.8 Å². The third-order valence-electron chi connectivity index (χ3n) is 2.76. The van der Waals surface area contributed by atoms with Crippen molar-refractivity contribution in [1.29, 1.82) is 0 Å². The Morgan fingerprint density at radius 1 is 1.39 bits per heavy atom. The van der Waals surface area contributed by atoms with Gasteiger partial charge in [0.15, 0.2) is 5.82 Å². The molecular weight excluding hydrogens is 228 g/mol. The van der Waals surface area contributed by atoms with E-state index < -0.39 is 0 Å². The van der Waals surface area contributed by atoms with Crippen LogP contribution in [-0.4, -0.2) is 39.2 Å². The maximum Gasteiger partial charge on any atom is 0.203 e. The zero-order valence-corrected chi connectivity index (χ0v) is 11.2. The molecule has 18 heavy (non-hydrogen) atoms. The fourth-order valence-electron chi connectivity index (χ4n) is 2.03. The zero-order chi connectivity index (χ0) is 13.1. The predicted octanol–water partition coefficient (Wildman–Crippen LogP) is 0.854. The van der Waals surface area contributed by atoms with E-state index in [1.54, 1.807) is 6.20 Å². The first-order valence-electron chi connectivity index (χ1n) is 6.25. The molecule has 0 saturated carbocycles. The van der Waals surface area contributed by atoms with E-state index in [1.807, 2.05) is 17.5 Å². The van der Waals surface area contributed by atoms with Crippen molar-refractivity contribution in [2.45, 2.75) is 20.8 Å². The fraction of sp³-hybridized carbons (Fsp3) is 0.583. The summed E-state index contributed by atoms with van der Waals surface area (Å²) < 4.78 is 1.95. The van der Waals surface area contributed by atoms with Crippen LogP contribution in [0.3, 0.4) is 0 Å². The van der Waals surface area contributed by atoms with Crippen LogP contribution in [0.4, 0.5) is 5.82 Å². The van der Waals surface area contributed by atoms with Crippen LogP contribution < -0.4 is 10.6 Å². The molecule has 0 atom stereocenters. The summed E-state index contributed by atoms with van der Waals surface area (Å²) in [7, 11) is 0. The number of nitrogens with two attached hydrogens (primary N) is 1. The van der Waals surface area contributed by atoms with Crippen LogP contribution >= 0.6 is 0 Å². The highest BCUT2D eigenvalue weighted by Gasteiger charge is 2.15. The van der Waals surface area contributed by atoms with Gasteiger partial charge in [-0.25, -0.2) is 4.98 Å². The molecule has 6 heteroatoms. The number of hydrogen-bond acceptors (Lipinski definition) is 5. The molecule has 2 aromatic rings. The Morgan fingerprint density at radius 2 is 2.17 bits per heavy atom. The maximum atomic E-state index is 5.68. The Labute approximate surface area is 107 Å². The lowest BCUT2D eigenvalue weighted by molar-refractivity contribution is 0.607. The summed E-state index contributed by atoms with van der Waals surface area (Å²) >= 11 is 0. The van der Waals surface area contributed by atoms with Gasteiger partial charge in [-0.2, -0.15) is 0 Å². The summed E-state index contributed by atoms with van der Waals surface area (Å²) in [5, 5.41) is 8.29. The minimum absolute atomic E-state index is 0.544. The minimum Gasteiger partial charge on any atom is -0.352 e. The molecule has 6 nitrogen and oxygen atoms in total. The monoisotopic (exact) mass is 248 g/mol. The topological polar surface area (TPSA) is 72.3 Å². The average molecular weight is 248 g/mol. The number of aromatic nitrogens is 4. The molecule has 0 unspecified atom stereocenters. The van der Waals surface area contributed by atoms with Crippen molar-refractivity contribution in [3.8, 4) is 0 Å². The van der Waals surface area contributed by atoms with Crippen LogP contribution in [0.15, 0.2) is 12.4 Å². The molecule has 0 aliphatic heterocycles. The number of nitrogens with zero attached hydrogens (tertiary/aromatic N) is 5. The van der Waals surface area contributed by atoms with Gasteiger partial charge in [0.25, 0.3) is 0 Å². The van der Waals surface area contributed by atoms with E-state index in [2.05, 4.69) is 33.9 Å². The second-order valence-corrected chi connectivity index (χ2v) is 4.82. The number of anilines is 1. The van der Waals surface area contributed by atoms with Crippen molar-refractivity contribution >= 4 is 11.5 Å². The molecule has 0 fully saturated rings.